The molecule has 0 aromatic rings. The lowest BCUT2D eigenvalue weighted by atomic mass is 9.49. The molecule has 1 N–H and O–H groups in total. The zero-order valence-corrected chi connectivity index (χ0v) is 11.0. The van der Waals surface area contributed by atoms with Crippen LogP contribution in [0, 0.1) is 16.7 Å². The first-order valence-corrected chi connectivity index (χ1v) is 6.34. The van der Waals surface area contributed by atoms with E-state index in [-0.39, 0.29) is 16.9 Å². The lowest BCUT2D eigenvalue weighted by Gasteiger charge is -2.56. The van der Waals surface area contributed by atoms with Crippen LogP contribution in [0.15, 0.2) is 23.8 Å². The van der Waals surface area contributed by atoms with Crippen molar-refractivity contribution in [2.45, 2.75) is 53.1 Å². The molecule has 0 unspecified atom stereocenters. The van der Waals surface area contributed by atoms with E-state index < -0.39 is 0 Å². The van der Waals surface area contributed by atoms with Gasteiger partial charge in [0.15, 0.2) is 0 Å². The second kappa shape index (κ2) is 3.46. The largest absolute Gasteiger partial charge is 0.392 e. The molecule has 0 aromatic carbocycles. The maximum Gasteiger partial charge on any atom is 0.0633 e. The summed E-state index contributed by atoms with van der Waals surface area (Å²) in [6, 6.07) is 0. The molecule has 0 radical (unpaired) electrons. The minimum Gasteiger partial charge on any atom is -0.392 e. The van der Waals surface area contributed by atoms with Crippen molar-refractivity contribution in [2.24, 2.45) is 16.7 Å². The Kier molecular flexibility index (Phi) is 2.58. The van der Waals surface area contributed by atoms with Crippen molar-refractivity contribution in [1.29, 1.82) is 0 Å². The Bertz CT molecular complexity index is 354. The van der Waals surface area contributed by atoms with Crippen molar-refractivity contribution in [1.82, 2.24) is 0 Å². The number of aliphatic hydroxyl groups is 1. The van der Waals surface area contributed by atoms with E-state index in [1.807, 2.05) is 0 Å². The van der Waals surface area contributed by atoms with Crippen LogP contribution in [-0.2, 0) is 0 Å². The van der Waals surface area contributed by atoms with Crippen LogP contribution in [0.2, 0.25) is 0 Å². The maximum absolute atomic E-state index is 10.3. The summed E-state index contributed by atoms with van der Waals surface area (Å²) < 4.78 is 0. The fourth-order valence-corrected chi connectivity index (χ4v) is 3.76. The summed E-state index contributed by atoms with van der Waals surface area (Å²) in [6.07, 6.45) is 5.23. The first-order valence-electron chi connectivity index (χ1n) is 6.34. The van der Waals surface area contributed by atoms with E-state index in [9.17, 15) is 5.11 Å². The molecule has 2 bridgehead atoms. The predicted molar refractivity (Wildman–Crippen MR) is 68.1 cm³/mol. The van der Waals surface area contributed by atoms with Crippen LogP contribution in [-0.4, -0.2) is 11.2 Å². The Balaban J connectivity index is 2.49. The number of fused-ring (bicyclic) bond motifs is 2. The highest BCUT2D eigenvalue weighted by molar-refractivity contribution is 5.28. The summed E-state index contributed by atoms with van der Waals surface area (Å²) in [4.78, 5) is 0. The van der Waals surface area contributed by atoms with Crippen molar-refractivity contribution >= 4 is 0 Å². The molecule has 90 valence electrons. The maximum atomic E-state index is 10.3. The van der Waals surface area contributed by atoms with Gasteiger partial charge in [0.1, 0.15) is 0 Å². The van der Waals surface area contributed by atoms with Gasteiger partial charge in [-0.3, -0.25) is 0 Å². The van der Waals surface area contributed by atoms with Crippen molar-refractivity contribution in [3.8, 4) is 0 Å². The molecule has 1 fully saturated rings. The van der Waals surface area contributed by atoms with Crippen LogP contribution in [0.1, 0.15) is 47.0 Å². The fourth-order valence-electron chi connectivity index (χ4n) is 3.76. The minimum absolute atomic E-state index is 0.0241. The Morgan fingerprint density at radius 3 is 2.75 bits per heavy atom. The third-order valence-electron chi connectivity index (χ3n) is 5.46. The van der Waals surface area contributed by atoms with Crippen molar-refractivity contribution in [2.75, 3.05) is 0 Å². The third-order valence-corrected chi connectivity index (χ3v) is 5.46. The number of allylic oxidation sites excluding steroid dienone is 2. The van der Waals surface area contributed by atoms with Gasteiger partial charge >= 0.3 is 0 Å². The van der Waals surface area contributed by atoms with Gasteiger partial charge in [-0.2, -0.15) is 0 Å². The monoisotopic (exact) mass is 220 g/mol. The molecule has 2 aliphatic rings. The molecule has 0 amide bonds. The van der Waals surface area contributed by atoms with E-state index in [4.69, 9.17) is 0 Å². The second-order valence-corrected chi connectivity index (χ2v) is 6.27. The number of aliphatic hydroxyl groups excluding tert-OH is 1. The van der Waals surface area contributed by atoms with Gasteiger partial charge in [-0.05, 0) is 44.4 Å². The average Bonchev–Trinajstić information content (AvgIpc) is 2.20. The molecule has 0 aromatic heterocycles. The third kappa shape index (κ3) is 1.34. The van der Waals surface area contributed by atoms with Crippen LogP contribution in [0.25, 0.3) is 0 Å². The van der Waals surface area contributed by atoms with Crippen LogP contribution >= 0.6 is 0 Å². The Labute approximate surface area is 99.3 Å². The van der Waals surface area contributed by atoms with Gasteiger partial charge in [-0.15, -0.1) is 0 Å². The number of hydrogen-bond donors (Lipinski definition) is 1. The van der Waals surface area contributed by atoms with Crippen LogP contribution < -0.4 is 0 Å². The smallest absolute Gasteiger partial charge is 0.0633 e. The molecule has 1 nitrogen and oxygen atoms in total. The van der Waals surface area contributed by atoms with Gasteiger partial charge in [0.25, 0.3) is 0 Å². The second-order valence-electron chi connectivity index (χ2n) is 6.27. The van der Waals surface area contributed by atoms with Crippen LogP contribution in [0.4, 0.5) is 0 Å². The van der Waals surface area contributed by atoms with Gasteiger partial charge in [0, 0.05) is 5.41 Å². The Morgan fingerprint density at radius 1 is 1.56 bits per heavy atom. The van der Waals surface area contributed by atoms with Crippen LogP contribution in [0.5, 0.6) is 0 Å². The van der Waals surface area contributed by atoms with Crippen molar-refractivity contribution < 1.29 is 5.11 Å². The quantitative estimate of drug-likeness (QED) is 0.668. The van der Waals surface area contributed by atoms with Crippen molar-refractivity contribution in [3.05, 3.63) is 23.8 Å². The number of hydrogen-bond acceptors (Lipinski definition) is 1. The summed E-state index contributed by atoms with van der Waals surface area (Å²) in [5, 5.41) is 10.3. The molecule has 0 heterocycles. The highest BCUT2D eigenvalue weighted by atomic mass is 16.3. The van der Waals surface area contributed by atoms with Gasteiger partial charge in [0.2, 0.25) is 0 Å². The fraction of sp³-hybridized carbons (Fsp3) is 0.733. The Hall–Kier alpha value is -0.560. The van der Waals surface area contributed by atoms with Gasteiger partial charge in [0.05, 0.1) is 6.10 Å². The van der Waals surface area contributed by atoms with Gasteiger partial charge in [-0.1, -0.05) is 37.6 Å². The lowest BCUT2D eigenvalue weighted by molar-refractivity contribution is -0.0579. The first-order chi connectivity index (χ1) is 7.33. The zero-order valence-electron chi connectivity index (χ0n) is 11.0. The van der Waals surface area contributed by atoms with Crippen LogP contribution in [0.3, 0.4) is 0 Å². The summed E-state index contributed by atoms with van der Waals surface area (Å²) in [5.74, 6) is 0.539. The molecule has 1 heteroatoms. The highest BCUT2D eigenvalue weighted by Gasteiger charge is 2.53. The molecule has 0 saturated heterocycles. The Morgan fingerprint density at radius 2 is 2.19 bits per heavy atom. The topological polar surface area (TPSA) is 20.2 Å². The van der Waals surface area contributed by atoms with Gasteiger partial charge < -0.3 is 5.11 Å². The zero-order chi connectivity index (χ0) is 12.1. The molecule has 0 aliphatic heterocycles. The standard InChI is InChI=1S/C15H24O/c1-10(2)15-7-6-11(3)14(5,9-15)13(16)8-12(15)4/h6,12-13,16H,1,7-9H2,2-5H3/t12-,13+,14+,15-/m1/s1. The predicted octanol–water partition coefficient (Wildman–Crippen LogP) is 3.70. The molecule has 4 atom stereocenters. The molecular formula is C15H24O. The van der Waals surface area contributed by atoms with E-state index in [1.54, 1.807) is 0 Å². The van der Waals surface area contributed by atoms with E-state index in [0.29, 0.717) is 5.92 Å². The van der Waals surface area contributed by atoms with Crippen molar-refractivity contribution in [3.63, 3.8) is 0 Å². The molecule has 1 saturated carbocycles. The van der Waals surface area contributed by atoms with E-state index >= 15 is 0 Å². The molecule has 2 rings (SSSR count). The van der Waals surface area contributed by atoms with E-state index in [1.165, 1.54) is 11.1 Å². The molecule has 16 heavy (non-hydrogen) atoms. The van der Waals surface area contributed by atoms with E-state index in [2.05, 4.69) is 40.3 Å². The first kappa shape index (κ1) is 11.9. The summed E-state index contributed by atoms with van der Waals surface area (Å²) in [5.41, 5.74) is 2.86. The minimum atomic E-state index is -0.188. The van der Waals surface area contributed by atoms with Gasteiger partial charge in [-0.25, -0.2) is 0 Å². The average molecular weight is 220 g/mol. The normalized spacial score (nSPS) is 47.4. The summed E-state index contributed by atoms with van der Waals surface area (Å²) in [7, 11) is 0. The SMILES string of the molecule is C=C(C)[C@@]12CC=C(C)[C@](C)(C1)[C@@H](O)C[C@H]2C. The molecule has 0 spiro atoms. The van der Waals surface area contributed by atoms with E-state index in [0.717, 1.165) is 19.3 Å². The highest BCUT2D eigenvalue weighted by Crippen LogP contribution is 2.60. The molecular weight excluding hydrogens is 196 g/mol. The summed E-state index contributed by atoms with van der Waals surface area (Å²) >= 11 is 0. The number of rotatable bonds is 1. The lowest BCUT2D eigenvalue weighted by Crippen LogP contribution is -2.51. The molecule has 2 aliphatic carbocycles. The summed E-state index contributed by atoms with van der Waals surface area (Å²) in [6.45, 7) is 13.0.